The van der Waals surface area contributed by atoms with Gasteiger partial charge in [-0.3, -0.25) is 4.21 Å². The first-order valence-corrected chi connectivity index (χ1v) is 13.6. The molecule has 5 aromatic rings. The summed E-state index contributed by atoms with van der Waals surface area (Å²) in [7, 11) is 0.645. The predicted octanol–water partition coefficient (Wildman–Crippen LogP) is 7.28. The summed E-state index contributed by atoms with van der Waals surface area (Å²) in [6.45, 7) is 3.25. The van der Waals surface area contributed by atoms with Crippen molar-refractivity contribution in [2.24, 2.45) is 0 Å². The Labute approximate surface area is 226 Å². The molecule has 0 bridgehead atoms. The Balaban J connectivity index is 1.75. The number of aryl methyl sites for hydroxylation is 2. The van der Waals surface area contributed by atoms with E-state index in [0.717, 1.165) is 28.6 Å². The minimum absolute atomic E-state index is 0.180. The van der Waals surface area contributed by atoms with Crippen LogP contribution in [0.15, 0.2) is 82.2 Å². The maximum absolute atomic E-state index is 13.5. The van der Waals surface area contributed by atoms with Crippen LogP contribution in [0.1, 0.15) is 17.4 Å². The molecule has 0 fully saturated rings. The molecule has 0 saturated heterocycles. The molecule has 1 N–H and O–H groups in total. The van der Waals surface area contributed by atoms with Crippen molar-refractivity contribution in [3.05, 3.63) is 90.3 Å². The second-order valence-corrected chi connectivity index (χ2v) is 10.4. The topological polar surface area (TPSA) is 73.0 Å². The largest absolute Gasteiger partial charge is 0.440 e. The molecule has 0 aliphatic rings. The molecule has 0 saturated carbocycles. The number of anilines is 1. The van der Waals surface area contributed by atoms with Crippen LogP contribution in [0, 0.1) is 13.8 Å². The number of aromatic nitrogens is 3. The van der Waals surface area contributed by atoms with Crippen molar-refractivity contribution in [1.82, 2.24) is 14.5 Å². The van der Waals surface area contributed by atoms with E-state index in [4.69, 9.17) is 4.42 Å². The lowest BCUT2D eigenvalue weighted by Crippen LogP contribution is -2.05. The van der Waals surface area contributed by atoms with E-state index in [9.17, 15) is 17.4 Å². The van der Waals surface area contributed by atoms with E-state index in [0.29, 0.717) is 33.5 Å². The zero-order chi connectivity index (χ0) is 27.9. The zero-order valence-electron chi connectivity index (χ0n) is 21.6. The third kappa shape index (κ3) is 5.24. The number of nitrogens with one attached hydrogen (secondary N) is 1. The lowest BCUT2D eigenvalue weighted by atomic mass is 9.98. The van der Waals surface area contributed by atoms with Crippen LogP contribution in [-0.4, -0.2) is 32.0 Å². The average Bonchev–Trinajstić information content (AvgIpc) is 3.51. The fourth-order valence-electron chi connectivity index (χ4n) is 4.42. The van der Waals surface area contributed by atoms with Gasteiger partial charge in [0.15, 0.2) is 17.3 Å². The van der Waals surface area contributed by atoms with Gasteiger partial charge >= 0.3 is 6.18 Å². The van der Waals surface area contributed by atoms with Crippen molar-refractivity contribution in [2.75, 3.05) is 18.6 Å². The van der Waals surface area contributed by atoms with Crippen LogP contribution in [-0.2, 0) is 17.0 Å². The number of oxazole rings is 1. The van der Waals surface area contributed by atoms with Crippen LogP contribution >= 0.6 is 0 Å². The number of nitrogens with zero attached hydrogens (tertiary/aromatic N) is 3. The van der Waals surface area contributed by atoms with Gasteiger partial charge in [-0.2, -0.15) is 13.2 Å². The van der Waals surface area contributed by atoms with Gasteiger partial charge in [0, 0.05) is 58.9 Å². The van der Waals surface area contributed by atoms with Gasteiger partial charge in [0.2, 0.25) is 0 Å². The van der Waals surface area contributed by atoms with E-state index in [1.54, 1.807) is 25.3 Å². The van der Waals surface area contributed by atoms with E-state index in [-0.39, 0.29) is 5.82 Å². The highest BCUT2D eigenvalue weighted by Gasteiger charge is 2.35. The number of imidazole rings is 1. The SMILES string of the molecule is CNc1ccc(-c2oc(C)nc2-c2cc(-c3cccc(S(C)=O)c3)ccc2-n2cc(C(F)(F)F)nc2C)cc1. The Bertz CT molecular complexity index is 1690. The lowest BCUT2D eigenvalue weighted by molar-refractivity contribution is -0.141. The van der Waals surface area contributed by atoms with E-state index in [1.807, 2.05) is 61.6 Å². The van der Waals surface area contributed by atoms with Crippen molar-refractivity contribution in [1.29, 1.82) is 0 Å². The highest BCUT2D eigenvalue weighted by molar-refractivity contribution is 7.84. The molecule has 0 radical (unpaired) electrons. The molecule has 2 heterocycles. The Morgan fingerprint density at radius 1 is 0.923 bits per heavy atom. The molecule has 10 heteroatoms. The van der Waals surface area contributed by atoms with Gasteiger partial charge in [0.25, 0.3) is 0 Å². The van der Waals surface area contributed by atoms with Crippen LogP contribution in [0.2, 0.25) is 0 Å². The molecule has 0 amide bonds. The maximum atomic E-state index is 13.5. The van der Waals surface area contributed by atoms with E-state index in [2.05, 4.69) is 15.3 Å². The number of benzene rings is 3. The van der Waals surface area contributed by atoms with Crippen LogP contribution in [0.5, 0.6) is 0 Å². The highest BCUT2D eigenvalue weighted by Crippen LogP contribution is 2.39. The summed E-state index contributed by atoms with van der Waals surface area (Å²) in [4.78, 5) is 9.10. The lowest BCUT2D eigenvalue weighted by Gasteiger charge is -2.14. The molecular formula is C29H25F3N4O2S. The Morgan fingerprint density at radius 3 is 2.26 bits per heavy atom. The molecule has 2 aromatic heterocycles. The first kappa shape index (κ1) is 26.4. The number of alkyl halides is 3. The second kappa shape index (κ2) is 10.2. The van der Waals surface area contributed by atoms with Crippen molar-refractivity contribution < 1.29 is 21.8 Å². The van der Waals surface area contributed by atoms with E-state index < -0.39 is 22.7 Å². The minimum Gasteiger partial charge on any atom is -0.440 e. The second-order valence-electron chi connectivity index (χ2n) is 8.99. The van der Waals surface area contributed by atoms with Gasteiger partial charge in [0.05, 0.1) is 5.69 Å². The van der Waals surface area contributed by atoms with Gasteiger partial charge < -0.3 is 14.3 Å². The predicted molar refractivity (Wildman–Crippen MR) is 146 cm³/mol. The molecule has 0 spiro atoms. The number of hydrogen-bond acceptors (Lipinski definition) is 5. The molecule has 0 aliphatic heterocycles. The van der Waals surface area contributed by atoms with Crippen molar-refractivity contribution in [3.63, 3.8) is 0 Å². The maximum Gasteiger partial charge on any atom is 0.434 e. The van der Waals surface area contributed by atoms with Gasteiger partial charge in [-0.15, -0.1) is 0 Å². The van der Waals surface area contributed by atoms with Gasteiger partial charge in [0.1, 0.15) is 11.5 Å². The van der Waals surface area contributed by atoms with Gasteiger partial charge in [-0.25, -0.2) is 9.97 Å². The molecule has 39 heavy (non-hydrogen) atoms. The quantitative estimate of drug-likeness (QED) is 0.241. The molecule has 5 rings (SSSR count). The monoisotopic (exact) mass is 550 g/mol. The van der Waals surface area contributed by atoms with Crippen molar-refractivity contribution in [2.45, 2.75) is 24.9 Å². The van der Waals surface area contributed by atoms with Crippen LogP contribution in [0.4, 0.5) is 18.9 Å². The van der Waals surface area contributed by atoms with Crippen LogP contribution in [0.25, 0.3) is 39.4 Å². The molecule has 200 valence electrons. The number of halogens is 3. The molecule has 6 nitrogen and oxygen atoms in total. The fraction of sp³-hybridized carbons (Fsp3) is 0.172. The van der Waals surface area contributed by atoms with Crippen molar-refractivity contribution >= 4 is 16.5 Å². The smallest absolute Gasteiger partial charge is 0.434 e. The third-order valence-corrected chi connectivity index (χ3v) is 7.27. The fourth-order valence-corrected chi connectivity index (χ4v) is 4.98. The number of rotatable bonds is 6. The van der Waals surface area contributed by atoms with Gasteiger partial charge in [-0.05, 0) is 66.6 Å². The number of hydrogen-bond donors (Lipinski definition) is 1. The summed E-state index contributed by atoms with van der Waals surface area (Å²) in [6.07, 6.45) is -1.99. The summed E-state index contributed by atoms with van der Waals surface area (Å²) < 4.78 is 60.1. The molecular weight excluding hydrogens is 525 g/mol. The highest BCUT2D eigenvalue weighted by atomic mass is 32.2. The van der Waals surface area contributed by atoms with Crippen molar-refractivity contribution in [3.8, 4) is 39.4 Å². The average molecular weight is 551 g/mol. The van der Waals surface area contributed by atoms with Crippen LogP contribution < -0.4 is 5.32 Å². The Kier molecular flexibility index (Phi) is 6.90. The summed E-state index contributed by atoms with van der Waals surface area (Å²) in [5, 5.41) is 3.08. The summed E-state index contributed by atoms with van der Waals surface area (Å²) in [5.74, 6) is 1.08. The first-order valence-electron chi connectivity index (χ1n) is 12.0. The molecule has 1 unspecified atom stereocenters. The summed E-state index contributed by atoms with van der Waals surface area (Å²) in [6, 6.07) is 20.4. The Hall–Kier alpha value is -4.18. The Morgan fingerprint density at radius 2 is 1.62 bits per heavy atom. The minimum atomic E-state index is -4.59. The molecule has 0 aliphatic carbocycles. The van der Waals surface area contributed by atoms with E-state index in [1.165, 1.54) is 11.5 Å². The zero-order valence-corrected chi connectivity index (χ0v) is 22.4. The van der Waals surface area contributed by atoms with Gasteiger partial charge in [-0.1, -0.05) is 18.2 Å². The van der Waals surface area contributed by atoms with Crippen LogP contribution in [0.3, 0.4) is 0 Å². The first-order chi connectivity index (χ1) is 18.5. The normalized spacial score (nSPS) is 12.5. The molecule has 1 atom stereocenters. The van der Waals surface area contributed by atoms with E-state index >= 15 is 0 Å². The standard InChI is InChI=1S/C29H25F3N4O2S/c1-17-34-26(29(30,31)32)16-36(17)25-13-10-21(20-6-5-7-23(14-20)39(4)37)15-24(25)27-28(38-18(2)35-27)19-8-11-22(33-3)12-9-19/h5-16,33H,1-4H3. The summed E-state index contributed by atoms with van der Waals surface area (Å²) in [5.41, 5.74) is 3.82. The summed E-state index contributed by atoms with van der Waals surface area (Å²) >= 11 is 0. The third-order valence-electron chi connectivity index (χ3n) is 6.35. The molecule has 3 aromatic carbocycles.